The van der Waals surface area contributed by atoms with E-state index in [4.69, 9.17) is 14.2 Å². The molecule has 0 saturated heterocycles. The molecule has 0 aromatic heterocycles. The summed E-state index contributed by atoms with van der Waals surface area (Å²) in [6, 6.07) is -0.616. The molecular formula is C54H98NO7+. The molecule has 0 aromatic carbocycles. The Morgan fingerprint density at radius 2 is 0.903 bits per heavy atom. The lowest BCUT2D eigenvalue weighted by Gasteiger charge is -2.31. The highest BCUT2D eigenvalue weighted by Crippen LogP contribution is 2.16. The van der Waals surface area contributed by atoms with Crippen LogP contribution in [0.25, 0.3) is 0 Å². The molecule has 62 heavy (non-hydrogen) atoms. The van der Waals surface area contributed by atoms with Crippen LogP contribution >= 0.6 is 0 Å². The van der Waals surface area contributed by atoms with Crippen LogP contribution in [0.4, 0.5) is 0 Å². The summed E-state index contributed by atoms with van der Waals surface area (Å²) in [4.78, 5) is 37.2. The molecule has 2 unspecified atom stereocenters. The van der Waals surface area contributed by atoms with E-state index >= 15 is 0 Å². The first-order valence-electron chi connectivity index (χ1n) is 25.7. The molecular weight excluding hydrogens is 775 g/mol. The van der Waals surface area contributed by atoms with E-state index in [0.29, 0.717) is 19.3 Å². The summed E-state index contributed by atoms with van der Waals surface area (Å²) in [5, 5.41) is 9.65. The summed E-state index contributed by atoms with van der Waals surface area (Å²) in [6.45, 7) is 4.63. The predicted octanol–water partition coefficient (Wildman–Crippen LogP) is 14.8. The number of ether oxygens (including phenoxy) is 3. The van der Waals surface area contributed by atoms with Gasteiger partial charge in [0.05, 0.1) is 34.4 Å². The van der Waals surface area contributed by atoms with Gasteiger partial charge >= 0.3 is 17.9 Å². The van der Waals surface area contributed by atoms with E-state index in [-0.39, 0.29) is 36.2 Å². The number of carboxylic acid groups (broad SMARTS) is 1. The van der Waals surface area contributed by atoms with Crippen LogP contribution in [0.15, 0.2) is 48.6 Å². The Morgan fingerprint density at radius 1 is 0.500 bits per heavy atom. The number of carbonyl (C=O) groups excluding carboxylic acids is 2. The van der Waals surface area contributed by atoms with Gasteiger partial charge < -0.3 is 23.8 Å². The van der Waals surface area contributed by atoms with Crippen molar-refractivity contribution in [3.8, 4) is 0 Å². The first kappa shape index (κ1) is 59.3. The quantitative estimate of drug-likeness (QED) is 0.0281. The number of nitrogens with zero attached hydrogens (tertiary/aromatic N) is 1. The Kier molecular flexibility index (Phi) is 42.9. The van der Waals surface area contributed by atoms with Gasteiger partial charge in [0.25, 0.3) is 0 Å². The van der Waals surface area contributed by atoms with E-state index in [1.807, 2.05) is 21.1 Å². The fraction of sp³-hybridized carbons (Fsp3) is 0.796. The van der Waals surface area contributed by atoms with Gasteiger partial charge in [0, 0.05) is 19.3 Å². The number of hydrogen-bond acceptors (Lipinski definition) is 6. The standard InChI is InChI=1S/C54H97NO7/c1-6-8-10-12-14-16-18-20-22-24-25-26-27-29-31-33-35-37-39-41-43-45-53(57)62-50(48-60-47-46-51(54(58)59)55(3,4)5)49-61-52(56)44-42-40-38-36-34-32-30-28-23-21-19-17-15-13-11-9-7-2/h8,10,14-17,21,23,50-51H,6-7,9,11-13,18-20,22,24-49H2,1-5H3/p+1/b10-8+,16-14+,17-15+,23-21+. The van der Waals surface area contributed by atoms with Crippen LogP contribution in [-0.4, -0.2) is 80.6 Å². The highest BCUT2D eigenvalue weighted by Gasteiger charge is 2.31. The molecule has 0 aliphatic rings. The highest BCUT2D eigenvalue weighted by atomic mass is 16.6. The Morgan fingerprint density at radius 3 is 1.32 bits per heavy atom. The molecule has 0 aliphatic heterocycles. The van der Waals surface area contributed by atoms with Crippen molar-refractivity contribution >= 4 is 17.9 Å². The lowest BCUT2D eigenvalue weighted by molar-refractivity contribution is -0.887. The fourth-order valence-corrected chi connectivity index (χ4v) is 7.51. The number of allylic oxidation sites excluding steroid dienone is 8. The zero-order valence-corrected chi connectivity index (χ0v) is 41.1. The van der Waals surface area contributed by atoms with E-state index in [1.165, 1.54) is 128 Å². The van der Waals surface area contributed by atoms with Crippen molar-refractivity contribution in [2.75, 3.05) is 41.0 Å². The third-order valence-electron chi connectivity index (χ3n) is 11.5. The summed E-state index contributed by atoms with van der Waals surface area (Å²) in [7, 11) is 5.54. The molecule has 0 bridgehead atoms. The summed E-state index contributed by atoms with van der Waals surface area (Å²) < 4.78 is 17.4. The van der Waals surface area contributed by atoms with E-state index in [1.54, 1.807) is 0 Å². The number of carbonyl (C=O) groups is 3. The van der Waals surface area contributed by atoms with Crippen LogP contribution in [0.3, 0.4) is 0 Å². The number of aliphatic carboxylic acids is 1. The third kappa shape index (κ3) is 42.6. The lowest BCUT2D eigenvalue weighted by atomic mass is 10.0. The topological polar surface area (TPSA) is 99.1 Å². The molecule has 0 amide bonds. The van der Waals surface area contributed by atoms with Crippen molar-refractivity contribution < 1.29 is 38.2 Å². The molecule has 8 heteroatoms. The fourth-order valence-electron chi connectivity index (χ4n) is 7.51. The first-order valence-corrected chi connectivity index (χ1v) is 25.7. The molecule has 0 aliphatic carbocycles. The SMILES string of the molecule is CC/C=C/C/C=C/CCCCCCCCCCCCCCCCC(=O)OC(COCCC(C(=O)O)[N+](C)(C)C)COC(=O)CCCCCCCCC/C=C/C/C=C/CCCCC. The largest absolute Gasteiger partial charge is 0.477 e. The van der Waals surface area contributed by atoms with Gasteiger partial charge in [-0.05, 0) is 70.6 Å². The predicted molar refractivity (Wildman–Crippen MR) is 261 cm³/mol. The van der Waals surface area contributed by atoms with E-state index in [2.05, 4.69) is 62.5 Å². The first-order chi connectivity index (χ1) is 30.1. The van der Waals surface area contributed by atoms with Gasteiger partial charge in [-0.2, -0.15) is 0 Å². The van der Waals surface area contributed by atoms with Crippen LogP contribution in [-0.2, 0) is 28.6 Å². The maximum absolute atomic E-state index is 12.8. The monoisotopic (exact) mass is 873 g/mol. The van der Waals surface area contributed by atoms with E-state index in [9.17, 15) is 19.5 Å². The molecule has 0 rings (SSSR count). The average Bonchev–Trinajstić information content (AvgIpc) is 3.23. The molecule has 1 N–H and O–H groups in total. The molecule has 0 aromatic rings. The minimum Gasteiger partial charge on any atom is -0.477 e. The zero-order valence-electron chi connectivity index (χ0n) is 41.1. The van der Waals surface area contributed by atoms with Crippen LogP contribution in [0.1, 0.15) is 226 Å². The minimum atomic E-state index is -0.875. The van der Waals surface area contributed by atoms with Crippen molar-refractivity contribution in [1.82, 2.24) is 0 Å². The second kappa shape index (κ2) is 44.9. The second-order valence-corrected chi connectivity index (χ2v) is 18.4. The molecule has 0 spiro atoms. The van der Waals surface area contributed by atoms with Gasteiger partial charge in [-0.3, -0.25) is 9.59 Å². The summed E-state index contributed by atoms with van der Waals surface area (Å²) in [6.07, 6.45) is 54.4. The van der Waals surface area contributed by atoms with Crippen molar-refractivity contribution in [1.29, 1.82) is 0 Å². The van der Waals surface area contributed by atoms with Crippen molar-refractivity contribution in [2.45, 2.75) is 238 Å². The van der Waals surface area contributed by atoms with E-state index in [0.717, 1.165) is 64.2 Å². The molecule has 0 saturated carbocycles. The Bertz CT molecular complexity index is 1150. The van der Waals surface area contributed by atoms with Crippen LogP contribution in [0.5, 0.6) is 0 Å². The molecule has 8 nitrogen and oxygen atoms in total. The number of rotatable bonds is 46. The number of quaternary nitrogens is 1. The highest BCUT2D eigenvalue weighted by molar-refractivity contribution is 5.72. The average molecular weight is 873 g/mol. The summed E-state index contributed by atoms with van der Waals surface area (Å²) in [5.74, 6) is -1.47. The van der Waals surface area contributed by atoms with Gasteiger partial charge in [-0.15, -0.1) is 0 Å². The second-order valence-electron chi connectivity index (χ2n) is 18.4. The smallest absolute Gasteiger partial charge is 0.362 e. The Hall–Kier alpha value is -2.71. The molecule has 0 heterocycles. The summed E-state index contributed by atoms with van der Waals surface area (Å²) >= 11 is 0. The van der Waals surface area contributed by atoms with Gasteiger partial charge in [0.2, 0.25) is 0 Å². The Balaban J connectivity index is 4.23. The number of hydrogen-bond donors (Lipinski definition) is 1. The lowest BCUT2D eigenvalue weighted by Crippen LogP contribution is -2.50. The number of likely N-dealkylation sites (N-methyl/N-ethyl adjacent to an activating group) is 1. The molecule has 2 atom stereocenters. The maximum atomic E-state index is 12.8. The molecule has 360 valence electrons. The van der Waals surface area contributed by atoms with Gasteiger partial charge in [-0.1, -0.05) is 184 Å². The Labute approximate surface area is 382 Å². The summed E-state index contributed by atoms with van der Waals surface area (Å²) in [5.41, 5.74) is 0. The van der Waals surface area contributed by atoms with Crippen molar-refractivity contribution in [3.63, 3.8) is 0 Å². The third-order valence-corrected chi connectivity index (χ3v) is 11.5. The number of unbranched alkanes of at least 4 members (excludes halogenated alkanes) is 24. The van der Waals surface area contributed by atoms with E-state index < -0.39 is 18.1 Å². The zero-order chi connectivity index (χ0) is 45.6. The normalized spacial score (nSPS) is 13.2. The molecule has 0 radical (unpaired) electrons. The van der Waals surface area contributed by atoms with Crippen molar-refractivity contribution in [3.05, 3.63) is 48.6 Å². The van der Waals surface area contributed by atoms with Crippen LogP contribution in [0, 0.1) is 0 Å². The molecule has 0 fully saturated rings. The van der Waals surface area contributed by atoms with Crippen molar-refractivity contribution in [2.24, 2.45) is 0 Å². The van der Waals surface area contributed by atoms with Gasteiger partial charge in [0.15, 0.2) is 12.1 Å². The van der Waals surface area contributed by atoms with Crippen LogP contribution in [0.2, 0.25) is 0 Å². The van der Waals surface area contributed by atoms with Crippen LogP contribution < -0.4 is 0 Å². The van der Waals surface area contributed by atoms with Gasteiger partial charge in [0.1, 0.15) is 6.61 Å². The maximum Gasteiger partial charge on any atom is 0.362 e. The minimum absolute atomic E-state index is 0.0542. The number of carboxylic acids is 1. The number of esters is 2. The van der Waals surface area contributed by atoms with Gasteiger partial charge in [-0.25, -0.2) is 4.79 Å².